The number of halogens is 2. The van der Waals surface area contributed by atoms with Crippen molar-refractivity contribution in [3.8, 4) is 0 Å². The van der Waals surface area contributed by atoms with E-state index in [1.807, 2.05) is 22.6 Å². The monoisotopic (exact) mass is 312 g/mol. The van der Waals surface area contributed by atoms with Crippen LogP contribution in [0.25, 0.3) is 0 Å². The highest BCUT2D eigenvalue weighted by Crippen LogP contribution is 2.36. The van der Waals surface area contributed by atoms with Crippen LogP contribution in [0.1, 0.15) is 52.4 Å². The third-order valence-corrected chi connectivity index (χ3v) is 3.72. The lowest BCUT2D eigenvalue weighted by Crippen LogP contribution is -2.18. The van der Waals surface area contributed by atoms with Gasteiger partial charge in [0.05, 0.1) is 0 Å². The molecule has 84 valence electrons. The van der Waals surface area contributed by atoms with Crippen molar-refractivity contribution in [3.05, 3.63) is 0 Å². The summed E-state index contributed by atoms with van der Waals surface area (Å²) in [5.41, 5.74) is 0. The van der Waals surface area contributed by atoms with Gasteiger partial charge in [0.1, 0.15) is 0 Å². The largest absolute Gasteiger partial charge is 0.236 e. The van der Waals surface area contributed by atoms with Crippen LogP contribution in [0.5, 0.6) is 0 Å². The second-order valence-corrected chi connectivity index (χ2v) is 6.51. The Kier molecular flexibility index (Phi) is 5.72. The number of alkyl halides is 2. The van der Waals surface area contributed by atoms with Crippen molar-refractivity contribution in [3.63, 3.8) is 0 Å². The minimum atomic E-state index is -0.629. The Morgan fingerprint density at radius 1 is 1.21 bits per heavy atom. The Bertz CT molecular complexity index is 140. The molecule has 1 aliphatic carbocycles. The fraction of sp³-hybridized carbons (Fsp3) is 1.00. The van der Waals surface area contributed by atoms with Gasteiger partial charge in [0.2, 0.25) is 0 Å². The predicted molar refractivity (Wildman–Crippen MR) is 68.4 cm³/mol. The van der Waals surface area contributed by atoms with E-state index in [9.17, 15) is 4.39 Å². The van der Waals surface area contributed by atoms with Crippen LogP contribution in [0.3, 0.4) is 0 Å². The van der Waals surface area contributed by atoms with E-state index in [2.05, 4.69) is 13.8 Å². The average molecular weight is 312 g/mol. The van der Waals surface area contributed by atoms with E-state index in [0.29, 0.717) is 5.92 Å². The Morgan fingerprint density at radius 3 is 2.29 bits per heavy atom. The summed E-state index contributed by atoms with van der Waals surface area (Å²) in [6.45, 7) is 4.58. The van der Waals surface area contributed by atoms with E-state index in [0.717, 1.165) is 18.3 Å². The molecule has 1 fully saturated rings. The maximum absolute atomic E-state index is 12.9. The molecule has 2 heteroatoms. The van der Waals surface area contributed by atoms with Gasteiger partial charge in [0.15, 0.2) is 4.18 Å². The zero-order chi connectivity index (χ0) is 10.6. The van der Waals surface area contributed by atoms with Crippen molar-refractivity contribution in [2.45, 2.75) is 56.6 Å². The summed E-state index contributed by atoms with van der Waals surface area (Å²) >= 11 is 1.91. The van der Waals surface area contributed by atoms with Crippen LogP contribution >= 0.6 is 22.6 Å². The van der Waals surface area contributed by atoms with E-state index in [1.165, 1.54) is 32.1 Å². The highest BCUT2D eigenvalue weighted by Gasteiger charge is 2.24. The Hall–Kier alpha value is 0.660. The van der Waals surface area contributed by atoms with Gasteiger partial charge in [0.25, 0.3) is 0 Å². The molecule has 0 aromatic heterocycles. The molecule has 1 rings (SSSR count). The molecule has 0 radical (unpaired) electrons. The summed E-state index contributed by atoms with van der Waals surface area (Å²) in [5.74, 6) is 2.35. The van der Waals surface area contributed by atoms with Crippen molar-refractivity contribution in [1.82, 2.24) is 0 Å². The normalized spacial score (nSPS) is 30.6. The van der Waals surface area contributed by atoms with Gasteiger partial charge in [-0.1, -0.05) is 33.1 Å². The van der Waals surface area contributed by atoms with E-state index >= 15 is 0 Å². The number of rotatable bonds is 4. The topological polar surface area (TPSA) is 0 Å². The lowest BCUT2D eigenvalue weighted by Gasteiger charge is -2.30. The Balaban J connectivity index is 2.28. The lowest BCUT2D eigenvalue weighted by molar-refractivity contribution is 0.212. The summed E-state index contributed by atoms with van der Waals surface area (Å²) in [6, 6.07) is 0. The summed E-state index contributed by atoms with van der Waals surface area (Å²) in [7, 11) is 0. The molecule has 0 aliphatic heterocycles. The third kappa shape index (κ3) is 4.94. The Morgan fingerprint density at radius 2 is 1.79 bits per heavy atom. The molecule has 1 saturated carbocycles. The van der Waals surface area contributed by atoms with Gasteiger partial charge in [-0.15, -0.1) is 0 Å². The first-order valence-corrected chi connectivity index (χ1v) is 7.10. The summed E-state index contributed by atoms with van der Waals surface area (Å²) in [5, 5.41) is 0. The average Bonchev–Trinajstić information content (AvgIpc) is 2.01. The van der Waals surface area contributed by atoms with E-state index < -0.39 is 4.18 Å². The molecule has 3 atom stereocenters. The quantitative estimate of drug-likeness (QED) is 0.508. The Labute approximate surface area is 101 Å². The fourth-order valence-electron chi connectivity index (χ4n) is 2.75. The molecule has 0 spiro atoms. The standard InChI is InChI=1S/C12H22FI/c1-9(2)6-10-4-3-5-11(7-10)8-12(13)14/h9-12H,3-8H2,1-2H3. The zero-order valence-electron chi connectivity index (χ0n) is 9.31. The van der Waals surface area contributed by atoms with E-state index in [-0.39, 0.29) is 0 Å². The van der Waals surface area contributed by atoms with Crippen molar-refractivity contribution in [2.75, 3.05) is 0 Å². The molecule has 1 aliphatic rings. The molecule has 14 heavy (non-hydrogen) atoms. The van der Waals surface area contributed by atoms with Crippen LogP contribution in [0, 0.1) is 17.8 Å². The highest BCUT2D eigenvalue weighted by atomic mass is 127. The minimum absolute atomic E-state index is 0.629. The van der Waals surface area contributed by atoms with E-state index in [1.54, 1.807) is 0 Å². The first-order valence-electron chi connectivity index (χ1n) is 5.86. The van der Waals surface area contributed by atoms with Gasteiger partial charge < -0.3 is 0 Å². The van der Waals surface area contributed by atoms with Gasteiger partial charge >= 0.3 is 0 Å². The van der Waals surface area contributed by atoms with Crippen LogP contribution in [0.2, 0.25) is 0 Å². The number of hydrogen-bond donors (Lipinski definition) is 0. The van der Waals surface area contributed by atoms with Crippen LogP contribution in [-0.4, -0.2) is 4.18 Å². The molecule has 0 aromatic carbocycles. The second-order valence-electron chi connectivity index (χ2n) is 5.15. The molecule has 0 nitrogen and oxygen atoms in total. The first kappa shape index (κ1) is 12.7. The summed E-state index contributed by atoms with van der Waals surface area (Å²) in [6.07, 6.45) is 7.38. The van der Waals surface area contributed by atoms with Crippen LogP contribution in [0.15, 0.2) is 0 Å². The molecule has 0 aromatic rings. The summed E-state index contributed by atoms with van der Waals surface area (Å²) in [4.78, 5) is 0. The summed E-state index contributed by atoms with van der Waals surface area (Å²) < 4.78 is 12.2. The highest BCUT2D eigenvalue weighted by molar-refractivity contribution is 14.1. The van der Waals surface area contributed by atoms with E-state index in [4.69, 9.17) is 0 Å². The molecule has 3 unspecified atom stereocenters. The second kappa shape index (κ2) is 6.29. The van der Waals surface area contributed by atoms with Gasteiger partial charge in [-0.05, 0) is 59.6 Å². The van der Waals surface area contributed by atoms with Crippen LogP contribution in [0.4, 0.5) is 4.39 Å². The molecule has 0 N–H and O–H groups in total. The SMILES string of the molecule is CC(C)CC1CCCC(CC(F)I)C1. The molecular formula is C12H22FI. The molecule has 0 amide bonds. The van der Waals surface area contributed by atoms with Gasteiger partial charge in [-0.2, -0.15) is 0 Å². The van der Waals surface area contributed by atoms with Gasteiger partial charge in [-0.3, -0.25) is 0 Å². The molecule has 0 heterocycles. The maximum Gasteiger partial charge on any atom is 0.151 e. The van der Waals surface area contributed by atoms with Crippen molar-refractivity contribution in [1.29, 1.82) is 0 Å². The van der Waals surface area contributed by atoms with Crippen LogP contribution in [-0.2, 0) is 0 Å². The predicted octanol–water partition coefficient (Wildman–Crippen LogP) is 4.96. The van der Waals surface area contributed by atoms with Crippen molar-refractivity contribution in [2.24, 2.45) is 17.8 Å². The zero-order valence-corrected chi connectivity index (χ0v) is 11.5. The molecule has 0 saturated heterocycles. The van der Waals surface area contributed by atoms with Crippen molar-refractivity contribution < 1.29 is 4.39 Å². The maximum atomic E-state index is 12.9. The van der Waals surface area contributed by atoms with Gasteiger partial charge in [-0.25, -0.2) is 4.39 Å². The molecular weight excluding hydrogens is 290 g/mol. The lowest BCUT2D eigenvalue weighted by atomic mass is 9.77. The fourth-order valence-corrected chi connectivity index (χ4v) is 3.47. The van der Waals surface area contributed by atoms with Gasteiger partial charge in [0, 0.05) is 0 Å². The van der Waals surface area contributed by atoms with Crippen molar-refractivity contribution >= 4 is 22.6 Å². The minimum Gasteiger partial charge on any atom is -0.236 e. The smallest absolute Gasteiger partial charge is 0.151 e. The third-order valence-electron chi connectivity index (χ3n) is 3.21. The first-order chi connectivity index (χ1) is 6.58. The van der Waals surface area contributed by atoms with Crippen LogP contribution < -0.4 is 0 Å². The number of hydrogen-bond acceptors (Lipinski definition) is 0. The molecule has 0 bridgehead atoms.